The SMILES string of the molecule is OC1CCCN(Cc2cccc(F)c2Cl)C1. The van der Waals surface area contributed by atoms with E-state index in [4.69, 9.17) is 11.6 Å². The molecule has 2 nitrogen and oxygen atoms in total. The Bertz CT molecular complexity index is 372. The number of rotatable bonds is 2. The maximum Gasteiger partial charge on any atom is 0.142 e. The molecule has 1 unspecified atom stereocenters. The Hall–Kier alpha value is -0.640. The summed E-state index contributed by atoms with van der Waals surface area (Å²) in [4.78, 5) is 2.11. The molecule has 1 aromatic rings. The zero-order valence-corrected chi connectivity index (χ0v) is 9.75. The highest BCUT2D eigenvalue weighted by molar-refractivity contribution is 6.31. The van der Waals surface area contributed by atoms with Gasteiger partial charge in [0.15, 0.2) is 0 Å². The Balaban J connectivity index is 2.05. The summed E-state index contributed by atoms with van der Waals surface area (Å²) in [7, 11) is 0. The van der Waals surface area contributed by atoms with E-state index in [0.717, 1.165) is 24.9 Å². The molecule has 1 saturated heterocycles. The van der Waals surface area contributed by atoms with Crippen molar-refractivity contribution in [2.75, 3.05) is 13.1 Å². The summed E-state index contributed by atoms with van der Waals surface area (Å²) in [5, 5.41) is 9.73. The van der Waals surface area contributed by atoms with Crippen LogP contribution in [0.4, 0.5) is 4.39 Å². The highest BCUT2D eigenvalue weighted by Crippen LogP contribution is 2.22. The molecule has 0 aromatic heterocycles. The molecule has 0 aliphatic carbocycles. The third kappa shape index (κ3) is 2.73. The average Bonchev–Trinajstić information content (AvgIpc) is 2.25. The minimum Gasteiger partial charge on any atom is -0.392 e. The quantitative estimate of drug-likeness (QED) is 0.863. The largest absolute Gasteiger partial charge is 0.392 e. The number of halogens is 2. The van der Waals surface area contributed by atoms with E-state index >= 15 is 0 Å². The summed E-state index contributed by atoms with van der Waals surface area (Å²) in [5.41, 5.74) is 0.788. The zero-order chi connectivity index (χ0) is 11.5. The second-order valence-corrected chi connectivity index (χ2v) is 4.62. The molecule has 1 heterocycles. The minimum absolute atomic E-state index is 0.197. The van der Waals surface area contributed by atoms with Gasteiger partial charge in [-0.05, 0) is 31.0 Å². The van der Waals surface area contributed by atoms with Crippen molar-refractivity contribution in [1.29, 1.82) is 0 Å². The van der Waals surface area contributed by atoms with Crippen molar-refractivity contribution < 1.29 is 9.50 Å². The van der Waals surface area contributed by atoms with Crippen LogP contribution in [0.2, 0.25) is 5.02 Å². The minimum atomic E-state index is -0.378. The molecule has 0 amide bonds. The molecular formula is C12H15ClFNO. The molecule has 2 rings (SSSR count). The monoisotopic (exact) mass is 243 g/mol. The van der Waals surface area contributed by atoms with Gasteiger partial charge >= 0.3 is 0 Å². The van der Waals surface area contributed by atoms with E-state index in [9.17, 15) is 9.50 Å². The summed E-state index contributed by atoms with van der Waals surface area (Å²) >= 11 is 5.88. The van der Waals surface area contributed by atoms with Gasteiger partial charge in [0.05, 0.1) is 11.1 Å². The van der Waals surface area contributed by atoms with Crippen molar-refractivity contribution in [3.05, 3.63) is 34.6 Å². The molecule has 1 aliphatic heterocycles. The van der Waals surface area contributed by atoms with Crippen LogP contribution in [0.25, 0.3) is 0 Å². The zero-order valence-electron chi connectivity index (χ0n) is 9.00. The Labute approximate surface area is 99.6 Å². The molecule has 88 valence electrons. The molecule has 1 atom stereocenters. The summed E-state index contributed by atoms with van der Waals surface area (Å²) < 4.78 is 13.2. The van der Waals surface area contributed by atoms with E-state index in [0.29, 0.717) is 13.1 Å². The van der Waals surface area contributed by atoms with Gasteiger partial charge < -0.3 is 5.11 Å². The number of nitrogens with zero attached hydrogens (tertiary/aromatic N) is 1. The molecular weight excluding hydrogens is 229 g/mol. The fourth-order valence-corrected chi connectivity index (χ4v) is 2.27. The third-order valence-electron chi connectivity index (χ3n) is 2.91. The van der Waals surface area contributed by atoms with Crippen molar-refractivity contribution in [1.82, 2.24) is 4.90 Å². The van der Waals surface area contributed by atoms with Gasteiger partial charge in [0, 0.05) is 13.1 Å². The number of piperidine rings is 1. The van der Waals surface area contributed by atoms with E-state index in [-0.39, 0.29) is 16.9 Å². The summed E-state index contributed by atoms with van der Waals surface area (Å²) in [5.74, 6) is -0.378. The second-order valence-electron chi connectivity index (χ2n) is 4.24. The van der Waals surface area contributed by atoms with E-state index in [1.54, 1.807) is 6.07 Å². The number of hydrogen-bond donors (Lipinski definition) is 1. The third-order valence-corrected chi connectivity index (χ3v) is 3.33. The number of β-amino-alcohol motifs (C(OH)–C–C–N with tert-alkyl or cyclic N) is 1. The topological polar surface area (TPSA) is 23.5 Å². The highest BCUT2D eigenvalue weighted by atomic mass is 35.5. The Morgan fingerprint density at radius 3 is 3.06 bits per heavy atom. The lowest BCUT2D eigenvalue weighted by atomic mass is 10.1. The van der Waals surface area contributed by atoms with Gasteiger partial charge in [0.2, 0.25) is 0 Å². The molecule has 1 N–H and O–H groups in total. The molecule has 1 aliphatic rings. The van der Waals surface area contributed by atoms with Crippen molar-refractivity contribution in [2.24, 2.45) is 0 Å². The lowest BCUT2D eigenvalue weighted by Gasteiger charge is -2.30. The Morgan fingerprint density at radius 1 is 1.50 bits per heavy atom. The molecule has 0 radical (unpaired) electrons. The smallest absolute Gasteiger partial charge is 0.142 e. The maximum atomic E-state index is 13.2. The maximum absolute atomic E-state index is 13.2. The predicted octanol–water partition coefficient (Wildman–Crippen LogP) is 2.44. The van der Waals surface area contributed by atoms with Crippen LogP contribution in [0.15, 0.2) is 18.2 Å². The van der Waals surface area contributed by atoms with Crippen LogP contribution in [0.1, 0.15) is 18.4 Å². The van der Waals surface area contributed by atoms with Crippen LogP contribution in [0.3, 0.4) is 0 Å². The van der Waals surface area contributed by atoms with Crippen LogP contribution >= 0.6 is 11.6 Å². The van der Waals surface area contributed by atoms with Crippen molar-refractivity contribution in [3.63, 3.8) is 0 Å². The average molecular weight is 244 g/mol. The number of benzene rings is 1. The molecule has 16 heavy (non-hydrogen) atoms. The van der Waals surface area contributed by atoms with Gasteiger partial charge in [-0.15, -0.1) is 0 Å². The van der Waals surface area contributed by atoms with E-state index in [1.165, 1.54) is 6.07 Å². The van der Waals surface area contributed by atoms with Crippen molar-refractivity contribution in [2.45, 2.75) is 25.5 Å². The van der Waals surface area contributed by atoms with Crippen molar-refractivity contribution >= 4 is 11.6 Å². The number of aliphatic hydroxyl groups excluding tert-OH is 1. The standard InChI is InChI=1S/C12H15ClFNO/c13-12-9(3-1-5-11(12)14)7-15-6-2-4-10(16)8-15/h1,3,5,10,16H,2,4,6-8H2. The van der Waals surface area contributed by atoms with Crippen LogP contribution in [-0.2, 0) is 6.54 Å². The first-order chi connectivity index (χ1) is 7.66. The lowest BCUT2D eigenvalue weighted by molar-refractivity contribution is 0.0668. The first-order valence-electron chi connectivity index (χ1n) is 5.50. The number of likely N-dealkylation sites (tertiary alicyclic amines) is 1. The van der Waals surface area contributed by atoms with Gasteiger partial charge in [-0.2, -0.15) is 0 Å². The van der Waals surface area contributed by atoms with Crippen LogP contribution in [0.5, 0.6) is 0 Å². The van der Waals surface area contributed by atoms with Crippen molar-refractivity contribution in [3.8, 4) is 0 Å². The van der Waals surface area contributed by atoms with E-state index < -0.39 is 0 Å². The van der Waals surface area contributed by atoms with Gasteiger partial charge in [-0.3, -0.25) is 4.90 Å². The number of hydrogen-bond acceptors (Lipinski definition) is 2. The number of aliphatic hydroxyl groups is 1. The second kappa shape index (κ2) is 5.13. The van der Waals surface area contributed by atoms with Gasteiger partial charge in [-0.1, -0.05) is 23.7 Å². The first-order valence-corrected chi connectivity index (χ1v) is 5.88. The highest BCUT2D eigenvalue weighted by Gasteiger charge is 2.18. The molecule has 0 saturated carbocycles. The van der Waals surface area contributed by atoms with Crippen LogP contribution < -0.4 is 0 Å². The van der Waals surface area contributed by atoms with E-state index in [2.05, 4.69) is 4.90 Å². The normalized spacial score (nSPS) is 22.3. The first kappa shape index (κ1) is 11.8. The van der Waals surface area contributed by atoms with Gasteiger partial charge in [0.25, 0.3) is 0 Å². The fraction of sp³-hybridized carbons (Fsp3) is 0.500. The predicted molar refractivity (Wildman–Crippen MR) is 61.9 cm³/mol. The Kier molecular flexibility index (Phi) is 3.79. The molecule has 4 heteroatoms. The molecule has 0 bridgehead atoms. The fourth-order valence-electron chi connectivity index (χ4n) is 2.09. The lowest BCUT2D eigenvalue weighted by Crippen LogP contribution is -2.37. The van der Waals surface area contributed by atoms with Gasteiger partial charge in [-0.25, -0.2) is 4.39 Å². The Morgan fingerprint density at radius 2 is 2.31 bits per heavy atom. The van der Waals surface area contributed by atoms with E-state index in [1.807, 2.05) is 6.07 Å². The summed E-state index contributed by atoms with van der Waals surface area (Å²) in [6.07, 6.45) is 1.57. The summed E-state index contributed by atoms with van der Waals surface area (Å²) in [6, 6.07) is 4.85. The van der Waals surface area contributed by atoms with Gasteiger partial charge in [0.1, 0.15) is 5.82 Å². The summed E-state index contributed by atoms with van der Waals surface area (Å²) in [6.45, 7) is 2.18. The molecule has 1 aromatic carbocycles. The molecule has 1 fully saturated rings. The molecule has 0 spiro atoms. The van der Waals surface area contributed by atoms with Crippen LogP contribution in [-0.4, -0.2) is 29.2 Å². The van der Waals surface area contributed by atoms with Crippen LogP contribution in [0, 0.1) is 5.82 Å².